The topological polar surface area (TPSA) is 53.4 Å². The SMILES string of the molecule is Cl.Cl.Cl.Cn1ccc(N2CCCC(N3CCNCC3)C2=O)n1. The molecule has 3 rings (SSSR count). The molecule has 6 nitrogen and oxygen atoms in total. The predicted octanol–water partition coefficient (Wildman–Crippen LogP) is 1.09. The zero-order valence-electron chi connectivity index (χ0n) is 12.6. The van der Waals surface area contributed by atoms with E-state index >= 15 is 0 Å². The lowest BCUT2D eigenvalue weighted by molar-refractivity contribution is -0.125. The number of anilines is 1. The summed E-state index contributed by atoms with van der Waals surface area (Å²) in [5, 5.41) is 7.69. The number of carbonyl (C=O) groups excluding carboxylic acids is 1. The van der Waals surface area contributed by atoms with Crippen LogP contribution in [0.4, 0.5) is 5.82 Å². The molecule has 1 aromatic rings. The first-order valence-electron chi connectivity index (χ1n) is 7.01. The van der Waals surface area contributed by atoms with Gasteiger partial charge in [0, 0.05) is 52.0 Å². The second-order valence-electron chi connectivity index (χ2n) is 5.28. The molecule has 1 aromatic heterocycles. The minimum atomic E-state index is 0. The number of carbonyl (C=O) groups is 1. The molecule has 0 bridgehead atoms. The van der Waals surface area contributed by atoms with Crippen LogP contribution in [-0.4, -0.2) is 59.4 Å². The van der Waals surface area contributed by atoms with Crippen molar-refractivity contribution in [1.82, 2.24) is 20.0 Å². The van der Waals surface area contributed by atoms with Crippen molar-refractivity contribution in [2.45, 2.75) is 18.9 Å². The monoisotopic (exact) mass is 371 g/mol. The van der Waals surface area contributed by atoms with E-state index in [1.165, 1.54) is 0 Å². The Bertz CT molecular complexity index is 464. The maximum Gasteiger partial charge on any atom is 0.245 e. The summed E-state index contributed by atoms with van der Waals surface area (Å²) in [7, 11) is 1.88. The summed E-state index contributed by atoms with van der Waals surface area (Å²) in [5.41, 5.74) is 0. The third kappa shape index (κ3) is 4.49. The molecule has 2 aliphatic heterocycles. The first kappa shape index (κ1) is 21.5. The number of piperidine rings is 1. The molecule has 1 amide bonds. The van der Waals surface area contributed by atoms with Gasteiger partial charge in [-0.15, -0.1) is 37.2 Å². The molecule has 1 atom stereocenters. The minimum absolute atomic E-state index is 0. The van der Waals surface area contributed by atoms with Crippen molar-refractivity contribution in [2.75, 3.05) is 37.6 Å². The first-order chi connectivity index (χ1) is 9.25. The van der Waals surface area contributed by atoms with Gasteiger partial charge in [-0.2, -0.15) is 5.10 Å². The van der Waals surface area contributed by atoms with E-state index in [0.29, 0.717) is 0 Å². The number of nitrogens with zero attached hydrogens (tertiary/aromatic N) is 4. The fourth-order valence-corrected chi connectivity index (χ4v) is 2.96. The lowest BCUT2D eigenvalue weighted by Crippen LogP contribution is -2.57. The van der Waals surface area contributed by atoms with E-state index < -0.39 is 0 Å². The quantitative estimate of drug-likeness (QED) is 0.844. The number of halogens is 3. The van der Waals surface area contributed by atoms with Crippen molar-refractivity contribution in [2.24, 2.45) is 7.05 Å². The Kier molecular flexibility index (Phi) is 9.34. The first-order valence-corrected chi connectivity index (χ1v) is 7.01. The van der Waals surface area contributed by atoms with Gasteiger partial charge in [-0.25, -0.2) is 0 Å². The van der Waals surface area contributed by atoms with Gasteiger partial charge in [0.15, 0.2) is 5.82 Å². The molecule has 2 fully saturated rings. The number of aryl methyl sites for hydroxylation is 1. The van der Waals surface area contributed by atoms with Crippen LogP contribution in [0.2, 0.25) is 0 Å². The third-order valence-corrected chi connectivity index (χ3v) is 3.98. The number of hydrogen-bond donors (Lipinski definition) is 1. The highest BCUT2D eigenvalue weighted by Gasteiger charge is 2.35. The Morgan fingerprint density at radius 1 is 1.18 bits per heavy atom. The number of amides is 1. The molecule has 9 heteroatoms. The summed E-state index contributed by atoms with van der Waals surface area (Å²) in [4.78, 5) is 16.8. The maximum absolute atomic E-state index is 12.6. The smallest absolute Gasteiger partial charge is 0.245 e. The van der Waals surface area contributed by atoms with Crippen molar-refractivity contribution < 1.29 is 4.79 Å². The molecular weight excluding hydrogens is 349 g/mol. The van der Waals surface area contributed by atoms with Gasteiger partial charge in [0.05, 0.1) is 6.04 Å². The third-order valence-electron chi connectivity index (χ3n) is 3.98. The highest BCUT2D eigenvalue weighted by atomic mass is 35.5. The van der Waals surface area contributed by atoms with Crippen LogP contribution in [0.15, 0.2) is 12.3 Å². The van der Waals surface area contributed by atoms with E-state index in [0.717, 1.165) is 51.4 Å². The molecule has 128 valence electrons. The molecule has 1 N–H and O–H groups in total. The Morgan fingerprint density at radius 2 is 1.86 bits per heavy atom. The largest absolute Gasteiger partial charge is 0.314 e. The molecule has 22 heavy (non-hydrogen) atoms. The molecule has 0 aromatic carbocycles. The van der Waals surface area contributed by atoms with Gasteiger partial charge in [-0.3, -0.25) is 19.3 Å². The van der Waals surface area contributed by atoms with Crippen LogP contribution in [0.25, 0.3) is 0 Å². The van der Waals surface area contributed by atoms with E-state index in [1.54, 1.807) is 4.68 Å². The normalized spacial score (nSPS) is 22.3. The average molecular weight is 373 g/mol. The highest BCUT2D eigenvalue weighted by molar-refractivity contribution is 5.97. The molecule has 0 aliphatic carbocycles. The molecule has 2 aliphatic rings. The van der Waals surface area contributed by atoms with Crippen LogP contribution >= 0.6 is 37.2 Å². The van der Waals surface area contributed by atoms with Crippen LogP contribution in [0.1, 0.15) is 12.8 Å². The number of hydrogen-bond acceptors (Lipinski definition) is 4. The zero-order valence-corrected chi connectivity index (χ0v) is 15.1. The predicted molar refractivity (Wildman–Crippen MR) is 94.8 cm³/mol. The van der Waals surface area contributed by atoms with E-state index in [2.05, 4.69) is 15.3 Å². The summed E-state index contributed by atoms with van der Waals surface area (Å²) in [5.74, 6) is 0.999. The average Bonchev–Trinajstić information content (AvgIpc) is 2.86. The number of rotatable bonds is 2. The zero-order chi connectivity index (χ0) is 13.2. The van der Waals surface area contributed by atoms with Crippen molar-refractivity contribution >= 4 is 48.9 Å². The van der Waals surface area contributed by atoms with Crippen LogP contribution in [0.3, 0.4) is 0 Å². The minimum Gasteiger partial charge on any atom is -0.314 e. The van der Waals surface area contributed by atoms with E-state index in [4.69, 9.17) is 0 Å². The number of piperazine rings is 1. The molecule has 0 spiro atoms. The van der Waals surface area contributed by atoms with Crippen LogP contribution in [-0.2, 0) is 11.8 Å². The molecule has 0 saturated carbocycles. The summed E-state index contributed by atoms with van der Waals surface area (Å²) in [6.45, 7) is 4.68. The Balaban J connectivity index is 0.00000147. The Hall–Kier alpha value is -0.530. The van der Waals surface area contributed by atoms with Crippen molar-refractivity contribution in [3.05, 3.63) is 12.3 Å². The fourth-order valence-electron chi connectivity index (χ4n) is 2.96. The van der Waals surface area contributed by atoms with Gasteiger partial charge < -0.3 is 5.32 Å². The van der Waals surface area contributed by atoms with E-state index in [1.807, 2.05) is 24.2 Å². The summed E-state index contributed by atoms with van der Waals surface area (Å²) in [6, 6.07) is 1.95. The Morgan fingerprint density at radius 3 is 2.45 bits per heavy atom. The van der Waals surface area contributed by atoms with Gasteiger partial charge in [0.25, 0.3) is 0 Å². The van der Waals surface area contributed by atoms with Gasteiger partial charge >= 0.3 is 0 Å². The molecule has 3 heterocycles. The van der Waals surface area contributed by atoms with Crippen LogP contribution < -0.4 is 10.2 Å². The molecular formula is C13H24Cl3N5O. The lowest BCUT2D eigenvalue weighted by Gasteiger charge is -2.39. The van der Waals surface area contributed by atoms with Gasteiger partial charge in [-0.05, 0) is 12.8 Å². The van der Waals surface area contributed by atoms with Crippen molar-refractivity contribution in [1.29, 1.82) is 0 Å². The second-order valence-corrected chi connectivity index (χ2v) is 5.28. The van der Waals surface area contributed by atoms with Gasteiger partial charge in [0.2, 0.25) is 5.91 Å². The standard InChI is InChI=1S/C13H21N5O.3ClH/c1-16-8-4-12(15-16)18-7-2-3-11(13(18)19)17-9-5-14-6-10-17;;;/h4,8,11,14H,2-3,5-7,9-10H2,1H3;3*1H. The number of aromatic nitrogens is 2. The number of nitrogens with one attached hydrogen (secondary N) is 1. The maximum atomic E-state index is 12.6. The summed E-state index contributed by atoms with van der Waals surface area (Å²) < 4.78 is 1.75. The van der Waals surface area contributed by atoms with E-state index in [-0.39, 0.29) is 49.2 Å². The highest BCUT2D eigenvalue weighted by Crippen LogP contribution is 2.22. The fraction of sp³-hybridized carbons (Fsp3) is 0.692. The molecule has 2 saturated heterocycles. The summed E-state index contributed by atoms with van der Waals surface area (Å²) in [6.07, 6.45) is 3.91. The Labute approximate surface area is 149 Å². The summed E-state index contributed by atoms with van der Waals surface area (Å²) >= 11 is 0. The second kappa shape index (κ2) is 9.57. The van der Waals surface area contributed by atoms with Crippen LogP contribution in [0.5, 0.6) is 0 Å². The van der Waals surface area contributed by atoms with E-state index in [9.17, 15) is 4.79 Å². The van der Waals surface area contributed by atoms with Crippen LogP contribution in [0, 0.1) is 0 Å². The van der Waals surface area contributed by atoms with Crippen molar-refractivity contribution in [3.63, 3.8) is 0 Å². The van der Waals surface area contributed by atoms with Crippen molar-refractivity contribution in [3.8, 4) is 0 Å². The lowest BCUT2D eigenvalue weighted by atomic mass is 10.0. The van der Waals surface area contributed by atoms with Gasteiger partial charge in [-0.1, -0.05) is 0 Å². The van der Waals surface area contributed by atoms with Gasteiger partial charge in [0.1, 0.15) is 0 Å². The molecule has 1 unspecified atom stereocenters. The molecule has 0 radical (unpaired) electrons.